The van der Waals surface area contributed by atoms with Gasteiger partial charge in [0.05, 0.1) is 5.60 Å². The summed E-state index contributed by atoms with van der Waals surface area (Å²) in [5.74, 6) is 0. The van der Waals surface area contributed by atoms with Crippen LogP contribution in [0.1, 0.15) is 26.0 Å². The van der Waals surface area contributed by atoms with Crippen LogP contribution in [0.4, 0.5) is 0 Å². The average molecular weight is 231 g/mol. The summed E-state index contributed by atoms with van der Waals surface area (Å²) in [7, 11) is 1.78. The van der Waals surface area contributed by atoms with Gasteiger partial charge in [-0.05, 0) is 44.7 Å². The number of methoxy groups -OCH3 is 1. The van der Waals surface area contributed by atoms with Gasteiger partial charge in [0.1, 0.15) is 0 Å². The highest BCUT2D eigenvalue weighted by Crippen LogP contribution is 2.22. The van der Waals surface area contributed by atoms with Crippen LogP contribution < -0.4 is 0 Å². The van der Waals surface area contributed by atoms with Gasteiger partial charge in [0.2, 0.25) is 0 Å². The molecule has 0 amide bonds. The number of nitrogens with zero attached hydrogens (tertiary/aromatic N) is 1. The van der Waals surface area contributed by atoms with Gasteiger partial charge in [-0.2, -0.15) is 0 Å². The molecule has 17 heavy (non-hydrogen) atoms. The van der Waals surface area contributed by atoms with E-state index in [1.807, 2.05) is 0 Å². The zero-order chi connectivity index (χ0) is 12.5. The zero-order valence-electron chi connectivity index (χ0n) is 11.2. The molecule has 2 nitrogen and oxygen atoms in total. The van der Waals surface area contributed by atoms with Crippen LogP contribution in [-0.2, 0) is 11.3 Å². The molecular formula is C15H21NO. The van der Waals surface area contributed by atoms with Crippen molar-refractivity contribution in [3.63, 3.8) is 0 Å². The fraction of sp³-hybridized carbons (Fsp3) is 0.467. The number of aryl methyl sites for hydroxylation is 2. The van der Waals surface area contributed by atoms with Crippen LogP contribution in [0.3, 0.4) is 0 Å². The number of para-hydroxylation sites is 1. The number of aromatic nitrogens is 1. The molecule has 0 aliphatic rings. The van der Waals surface area contributed by atoms with Crippen molar-refractivity contribution in [1.29, 1.82) is 0 Å². The van der Waals surface area contributed by atoms with E-state index in [4.69, 9.17) is 4.74 Å². The SMILES string of the molecule is COC(C)(C)CCn1c(C)cc2ccccc21. The second kappa shape index (κ2) is 4.53. The molecule has 0 bridgehead atoms. The van der Waals surface area contributed by atoms with Gasteiger partial charge in [-0.25, -0.2) is 0 Å². The molecule has 2 aromatic rings. The van der Waals surface area contributed by atoms with Gasteiger partial charge in [-0.3, -0.25) is 0 Å². The molecule has 0 radical (unpaired) electrons. The van der Waals surface area contributed by atoms with Gasteiger partial charge in [0.15, 0.2) is 0 Å². The van der Waals surface area contributed by atoms with E-state index >= 15 is 0 Å². The van der Waals surface area contributed by atoms with Gasteiger partial charge >= 0.3 is 0 Å². The monoisotopic (exact) mass is 231 g/mol. The van der Waals surface area contributed by atoms with Crippen LogP contribution in [-0.4, -0.2) is 17.3 Å². The number of benzene rings is 1. The predicted octanol–water partition coefficient (Wildman–Crippen LogP) is 3.76. The second-order valence-corrected chi connectivity index (χ2v) is 5.21. The third-order valence-electron chi connectivity index (χ3n) is 3.51. The van der Waals surface area contributed by atoms with Gasteiger partial charge < -0.3 is 9.30 Å². The lowest BCUT2D eigenvalue weighted by Crippen LogP contribution is -2.24. The molecule has 1 aromatic heterocycles. The molecular weight excluding hydrogens is 210 g/mol. The highest BCUT2D eigenvalue weighted by Gasteiger charge is 2.17. The molecule has 2 rings (SSSR count). The van der Waals surface area contributed by atoms with Crippen LogP contribution in [0, 0.1) is 6.92 Å². The minimum Gasteiger partial charge on any atom is -0.379 e. The lowest BCUT2D eigenvalue weighted by molar-refractivity contribution is 0.0122. The predicted molar refractivity (Wildman–Crippen MR) is 72.4 cm³/mol. The maximum Gasteiger partial charge on any atom is 0.0639 e. The quantitative estimate of drug-likeness (QED) is 0.781. The van der Waals surface area contributed by atoms with Crippen molar-refractivity contribution in [3.05, 3.63) is 36.0 Å². The largest absolute Gasteiger partial charge is 0.379 e. The Balaban J connectivity index is 2.27. The molecule has 0 aliphatic carbocycles. The Hall–Kier alpha value is -1.28. The maximum absolute atomic E-state index is 5.47. The van der Waals surface area contributed by atoms with Gasteiger partial charge in [0.25, 0.3) is 0 Å². The van der Waals surface area contributed by atoms with Gasteiger partial charge in [0, 0.05) is 24.9 Å². The third kappa shape index (κ3) is 2.52. The number of rotatable bonds is 4. The van der Waals surface area contributed by atoms with Crippen molar-refractivity contribution in [2.45, 2.75) is 39.3 Å². The van der Waals surface area contributed by atoms with Crippen LogP contribution in [0.5, 0.6) is 0 Å². The first kappa shape index (κ1) is 12.2. The van der Waals surface area contributed by atoms with E-state index in [1.165, 1.54) is 16.6 Å². The molecule has 0 aliphatic heterocycles. The summed E-state index contributed by atoms with van der Waals surface area (Å²) in [6.45, 7) is 7.43. The summed E-state index contributed by atoms with van der Waals surface area (Å²) in [6.07, 6.45) is 1.02. The fourth-order valence-corrected chi connectivity index (χ4v) is 2.13. The van der Waals surface area contributed by atoms with E-state index in [-0.39, 0.29) is 5.60 Å². The molecule has 0 fully saturated rings. The number of hydrogen-bond donors (Lipinski definition) is 0. The second-order valence-electron chi connectivity index (χ2n) is 5.21. The summed E-state index contributed by atoms with van der Waals surface area (Å²) in [5, 5.41) is 1.32. The molecule has 0 unspecified atom stereocenters. The standard InChI is InChI=1S/C15H21NO/c1-12-11-13-7-5-6-8-14(13)16(12)10-9-15(2,3)17-4/h5-8,11H,9-10H2,1-4H3. The van der Waals surface area contributed by atoms with Gasteiger partial charge in [-0.1, -0.05) is 18.2 Å². The number of fused-ring (bicyclic) bond motifs is 1. The van der Waals surface area contributed by atoms with Crippen LogP contribution in [0.25, 0.3) is 10.9 Å². The van der Waals surface area contributed by atoms with Crippen molar-refractivity contribution in [1.82, 2.24) is 4.57 Å². The van der Waals surface area contributed by atoms with Crippen LogP contribution in [0.2, 0.25) is 0 Å². The first-order valence-corrected chi connectivity index (χ1v) is 6.13. The van der Waals surface area contributed by atoms with E-state index in [9.17, 15) is 0 Å². The van der Waals surface area contributed by atoms with Crippen molar-refractivity contribution in [3.8, 4) is 0 Å². The molecule has 2 heteroatoms. The lowest BCUT2D eigenvalue weighted by atomic mass is 10.1. The summed E-state index contributed by atoms with van der Waals surface area (Å²) in [6, 6.07) is 10.8. The molecule has 0 saturated heterocycles. The highest BCUT2D eigenvalue weighted by molar-refractivity contribution is 5.81. The van der Waals surface area contributed by atoms with Crippen molar-refractivity contribution < 1.29 is 4.74 Å². The summed E-state index contributed by atoms with van der Waals surface area (Å²) in [5.41, 5.74) is 2.58. The van der Waals surface area contributed by atoms with E-state index in [0.717, 1.165) is 13.0 Å². The molecule has 0 saturated carbocycles. The first-order valence-electron chi connectivity index (χ1n) is 6.13. The fourth-order valence-electron chi connectivity index (χ4n) is 2.13. The molecule has 1 aromatic carbocycles. The first-order chi connectivity index (χ1) is 8.03. The minimum absolute atomic E-state index is 0.0577. The molecule has 0 N–H and O–H groups in total. The molecule has 92 valence electrons. The summed E-state index contributed by atoms with van der Waals surface area (Å²) in [4.78, 5) is 0. The zero-order valence-corrected chi connectivity index (χ0v) is 11.2. The molecule has 0 spiro atoms. The summed E-state index contributed by atoms with van der Waals surface area (Å²) >= 11 is 0. The number of ether oxygens (including phenoxy) is 1. The lowest BCUT2D eigenvalue weighted by Gasteiger charge is -2.23. The maximum atomic E-state index is 5.47. The number of hydrogen-bond acceptors (Lipinski definition) is 1. The Bertz CT molecular complexity index is 511. The van der Waals surface area contributed by atoms with Crippen LogP contribution >= 0.6 is 0 Å². The Morgan fingerprint density at radius 2 is 1.94 bits per heavy atom. The van der Waals surface area contributed by atoms with Crippen molar-refractivity contribution >= 4 is 10.9 Å². The normalized spacial score (nSPS) is 12.2. The third-order valence-corrected chi connectivity index (χ3v) is 3.51. The van der Waals surface area contributed by atoms with Gasteiger partial charge in [-0.15, -0.1) is 0 Å². The minimum atomic E-state index is -0.0577. The molecule has 1 heterocycles. The Kier molecular flexibility index (Phi) is 3.25. The molecule has 0 atom stereocenters. The van der Waals surface area contributed by atoms with Crippen molar-refractivity contribution in [2.75, 3.05) is 7.11 Å². The Morgan fingerprint density at radius 1 is 1.24 bits per heavy atom. The van der Waals surface area contributed by atoms with E-state index in [1.54, 1.807) is 7.11 Å². The Morgan fingerprint density at radius 3 is 2.65 bits per heavy atom. The topological polar surface area (TPSA) is 14.2 Å². The summed E-state index contributed by atoms with van der Waals surface area (Å²) < 4.78 is 7.85. The van der Waals surface area contributed by atoms with E-state index in [0.29, 0.717) is 0 Å². The van der Waals surface area contributed by atoms with Crippen molar-refractivity contribution in [2.24, 2.45) is 0 Å². The Labute approximate surface area is 103 Å². The average Bonchev–Trinajstić information content (AvgIpc) is 2.62. The highest BCUT2D eigenvalue weighted by atomic mass is 16.5. The van der Waals surface area contributed by atoms with E-state index in [2.05, 4.69) is 55.7 Å². The smallest absolute Gasteiger partial charge is 0.0639 e. The van der Waals surface area contributed by atoms with Crippen LogP contribution in [0.15, 0.2) is 30.3 Å². The van der Waals surface area contributed by atoms with E-state index < -0.39 is 0 Å².